The van der Waals surface area contributed by atoms with Gasteiger partial charge in [0.05, 0.1) is 12.7 Å². The molecular weight excluding hydrogens is 328 g/mol. The van der Waals surface area contributed by atoms with Gasteiger partial charge in [0, 0.05) is 25.1 Å². The number of pyridine rings is 1. The summed E-state index contributed by atoms with van der Waals surface area (Å²) in [5, 5.41) is 7.96. The first kappa shape index (κ1) is 16.3. The zero-order valence-corrected chi connectivity index (χ0v) is 14.8. The second-order valence-electron chi connectivity index (χ2n) is 6.79. The van der Waals surface area contributed by atoms with Crippen molar-refractivity contribution in [2.75, 3.05) is 13.6 Å². The Morgan fingerprint density at radius 1 is 1.42 bits per heavy atom. The summed E-state index contributed by atoms with van der Waals surface area (Å²) in [5.41, 5.74) is 4.19. The maximum Gasteiger partial charge on any atom is 0.410 e. The number of carbonyl (C=O) groups is 1. The highest BCUT2D eigenvalue weighted by atomic mass is 16.6. The van der Waals surface area contributed by atoms with Crippen molar-refractivity contribution < 1.29 is 9.53 Å². The standard InChI is InChI=1S/C20H20N4O2/c1-4-6-20(12-24(3)19(25)26-20)15-9-13(2)8-14(10-15)16-5-7-21-18-17(16)11-22-23-18/h4-5,7-11H,1,6,12H2,2-3H3,(H,21,22,23). The highest BCUT2D eigenvalue weighted by Gasteiger charge is 2.44. The lowest BCUT2D eigenvalue weighted by Gasteiger charge is -2.27. The number of cyclic esters (lactones) is 1. The van der Waals surface area contributed by atoms with Gasteiger partial charge in [-0.25, -0.2) is 9.78 Å². The molecule has 1 fully saturated rings. The third kappa shape index (κ3) is 2.54. The molecule has 2 aromatic heterocycles. The molecule has 1 aliphatic heterocycles. The number of aromatic amines is 1. The summed E-state index contributed by atoms with van der Waals surface area (Å²) in [6.45, 7) is 6.39. The SMILES string of the molecule is C=CCC1(c2cc(C)cc(-c3ccnc4[nH]ncc34)c2)CN(C)C(=O)O1. The van der Waals surface area contributed by atoms with Gasteiger partial charge in [0.25, 0.3) is 0 Å². The maximum atomic E-state index is 12.1. The number of rotatable bonds is 4. The summed E-state index contributed by atoms with van der Waals surface area (Å²) >= 11 is 0. The summed E-state index contributed by atoms with van der Waals surface area (Å²) in [6, 6.07) is 8.26. The van der Waals surface area contributed by atoms with E-state index >= 15 is 0 Å². The van der Waals surface area contributed by atoms with Crippen LogP contribution in [0.25, 0.3) is 22.2 Å². The van der Waals surface area contributed by atoms with E-state index in [1.54, 1.807) is 30.4 Å². The molecule has 0 spiro atoms. The van der Waals surface area contributed by atoms with E-state index in [1.807, 2.05) is 13.0 Å². The number of likely N-dealkylation sites (N-methyl/N-ethyl adjacent to an activating group) is 1. The van der Waals surface area contributed by atoms with Crippen LogP contribution in [0.2, 0.25) is 0 Å². The Labute approximate surface area is 151 Å². The fraction of sp³-hybridized carbons (Fsp3) is 0.250. The minimum atomic E-state index is -0.711. The average Bonchev–Trinajstić information content (AvgIpc) is 3.20. The number of fused-ring (bicyclic) bond motifs is 1. The molecule has 6 heteroatoms. The normalized spacial score (nSPS) is 19.8. The van der Waals surface area contributed by atoms with E-state index < -0.39 is 5.60 Å². The fourth-order valence-electron chi connectivity index (χ4n) is 3.64. The summed E-state index contributed by atoms with van der Waals surface area (Å²) < 4.78 is 5.79. The van der Waals surface area contributed by atoms with E-state index in [-0.39, 0.29) is 6.09 Å². The van der Waals surface area contributed by atoms with Gasteiger partial charge in [-0.15, -0.1) is 6.58 Å². The van der Waals surface area contributed by atoms with Gasteiger partial charge in [0.2, 0.25) is 0 Å². The fourth-order valence-corrected chi connectivity index (χ4v) is 3.64. The number of aromatic nitrogens is 3. The Morgan fingerprint density at radius 2 is 2.27 bits per heavy atom. The lowest BCUT2D eigenvalue weighted by atomic mass is 9.86. The first-order valence-electron chi connectivity index (χ1n) is 8.48. The predicted octanol–water partition coefficient (Wildman–Crippen LogP) is 3.79. The number of benzene rings is 1. The van der Waals surface area contributed by atoms with E-state index in [0.29, 0.717) is 13.0 Å². The van der Waals surface area contributed by atoms with E-state index in [2.05, 4.69) is 40.0 Å². The number of nitrogens with one attached hydrogen (secondary N) is 1. The highest BCUT2D eigenvalue weighted by molar-refractivity contribution is 5.92. The number of hydrogen-bond acceptors (Lipinski definition) is 4. The molecule has 0 bridgehead atoms. The molecule has 6 nitrogen and oxygen atoms in total. The molecule has 1 atom stereocenters. The zero-order valence-electron chi connectivity index (χ0n) is 14.8. The van der Waals surface area contributed by atoms with Crippen LogP contribution < -0.4 is 0 Å². The smallest absolute Gasteiger partial charge is 0.410 e. The first-order valence-corrected chi connectivity index (χ1v) is 8.48. The number of H-pyrrole nitrogens is 1. The van der Waals surface area contributed by atoms with Crippen LogP contribution in [0.3, 0.4) is 0 Å². The van der Waals surface area contributed by atoms with Crippen LogP contribution in [0, 0.1) is 6.92 Å². The van der Waals surface area contributed by atoms with Crippen molar-refractivity contribution in [1.29, 1.82) is 0 Å². The molecular formula is C20H20N4O2. The summed E-state index contributed by atoms with van der Waals surface area (Å²) in [4.78, 5) is 18.0. The minimum absolute atomic E-state index is 0.309. The van der Waals surface area contributed by atoms with Gasteiger partial charge in [-0.1, -0.05) is 23.8 Å². The first-order chi connectivity index (χ1) is 12.5. The van der Waals surface area contributed by atoms with Crippen molar-refractivity contribution >= 4 is 17.1 Å². The Morgan fingerprint density at radius 3 is 3.00 bits per heavy atom. The molecule has 0 aliphatic carbocycles. The van der Waals surface area contributed by atoms with Crippen molar-refractivity contribution in [2.24, 2.45) is 0 Å². The highest BCUT2D eigenvalue weighted by Crippen LogP contribution is 2.39. The van der Waals surface area contributed by atoms with Gasteiger partial charge >= 0.3 is 6.09 Å². The Bertz CT molecular complexity index is 1010. The number of hydrogen-bond donors (Lipinski definition) is 1. The molecule has 4 rings (SSSR count). The monoisotopic (exact) mass is 348 g/mol. The Hall–Kier alpha value is -3.15. The maximum absolute atomic E-state index is 12.1. The van der Waals surface area contributed by atoms with E-state index in [0.717, 1.165) is 33.3 Å². The second kappa shape index (κ2) is 5.98. The lowest BCUT2D eigenvalue weighted by molar-refractivity contribution is 0.0569. The minimum Gasteiger partial charge on any atom is -0.436 e. The third-order valence-corrected chi connectivity index (χ3v) is 4.83. The van der Waals surface area contributed by atoms with Crippen LogP contribution in [0.15, 0.2) is 49.3 Å². The molecule has 1 amide bonds. The summed E-state index contributed by atoms with van der Waals surface area (Å²) in [5.74, 6) is 0. The van der Waals surface area contributed by atoms with Gasteiger partial charge in [0.1, 0.15) is 0 Å². The topological polar surface area (TPSA) is 71.1 Å². The molecule has 0 radical (unpaired) electrons. The predicted molar refractivity (Wildman–Crippen MR) is 99.7 cm³/mol. The molecule has 1 N–H and O–H groups in total. The van der Waals surface area contributed by atoms with Gasteiger partial charge < -0.3 is 9.64 Å². The number of amides is 1. The molecule has 1 aliphatic rings. The van der Waals surface area contributed by atoms with Crippen molar-refractivity contribution in [3.05, 3.63) is 60.4 Å². The van der Waals surface area contributed by atoms with Gasteiger partial charge in [-0.05, 0) is 35.7 Å². The van der Waals surface area contributed by atoms with Crippen molar-refractivity contribution in [1.82, 2.24) is 20.1 Å². The van der Waals surface area contributed by atoms with Crippen LogP contribution >= 0.6 is 0 Å². The molecule has 3 heterocycles. The quantitative estimate of drug-likeness (QED) is 0.728. The van der Waals surface area contributed by atoms with Gasteiger partial charge in [-0.3, -0.25) is 5.10 Å². The molecule has 0 saturated carbocycles. The molecule has 3 aromatic rings. The van der Waals surface area contributed by atoms with E-state index in [4.69, 9.17) is 4.74 Å². The molecule has 1 unspecified atom stereocenters. The Balaban J connectivity index is 1.88. The number of nitrogens with zero attached hydrogens (tertiary/aromatic N) is 3. The molecule has 132 valence electrons. The van der Waals surface area contributed by atoms with Gasteiger partial charge in [0.15, 0.2) is 11.2 Å². The Kier molecular flexibility index (Phi) is 3.76. The molecule has 26 heavy (non-hydrogen) atoms. The van der Waals surface area contributed by atoms with E-state index in [9.17, 15) is 4.79 Å². The van der Waals surface area contributed by atoms with E-state index in [1.165, 1.54) is 0 Å². The molecule has 1 saturated heterocycles. The van der Waals surface area contributed by atoms with Crippen LogP contribution in [-0.4, -0.2) is 39.8 Å². The average molecular weight is 348 g/mol. The number of aryl methyl sites for hydroxylation is 1. The number of ether oxygens (including phenoxy) is 1. The zero-order chi connectivity index (χ0) is 18.3. The van der Waals surface area contributed by atoms with Gasteiger partial charge in [-0.2, -0.15) is 5.10 Å². The van der Waals surface area contributed by atoms with Crippen LogP contribution in [0.1, 0.15) is 17.5 Å². The molecule has 1 aromatic carbocycles. The lowest BCUT2D eigenvalue weighted by Crippen LogP contribution is -2.30. The summed E-state index contributed by atoms with van der Waals surface area (Å²) in [7, 11) is 1.75. The van der Waals surface area contributed by atoms with Crippen LogP contribution in [-0.2, 0) is 10.3 Å². The van der Waals surface area contributed by atoms with Crippen molar-refractivity contribution in [3.8, 4) is 11.1 Å². The number of carbonyl (C=O) groups excluding carboxylic acids is 1. The second-order valence-corrected chi connectivity index (χ2v) is 6.79. The third-order valence-electron chi connectivity index (χ3n) is 4.83. The summed E-state index contributed by atoms with van der Waals surface area (Å²) in [6.07, 6.45) is 5.60. The van der Waals surface area contributed by atoms with Crippen LogP contribution in [0.5, 0.6) is 0 Å². The van der Waals surface area contributed by atoms with Crippen molar-refractivity contribution in [3.63, 3.8) is 0 Å². The van der Waals surface area contributed by atoms with Crippen molar-refractivity contribution in [2.45, 2.75) is 18.9 Å². The largest absolute Gasteiger partial charge is 0.436 e. The van der Waals surface area contributed by atoms with Crippen LogP contribution in [0.4, 0.5) is 4.79 Å².